The molecule has 0 spiro atoms. The van der Waals surface area contributed by atoms with Gasteiger partial charge in [-0.05, 0) is 6.07 Å². The summed E-state index contributed by atoms with van der Waals surface area (Å²) < 4.78 is 25.6. The quantitative estimate of drug-likeness (QED) is 0.518. The van der Waals surface area contributed by atoms with Crippen molar-refractivity contribution < 1.29 is 13.7 Å². The van der Waals surface area contributed by atoms with Crippen LogP contribution in [0.2, 0.25) is 0 Å². The Labute approximate surface area is 153 Å². The summed E-state index contributed by atoms with van der Waals surface area (Å²) in [4.78, 5) is 12.9. The van der Waals surface area contributed by atoms with E-state index in [1.165, 1.54) is 31.8 Å². The number of hydrogen-bond acceptors (Lipinski definition) is 7. The van der Waals surface area contributed by atoms with Gasteiger partial charge < -0.3 is 9.26 Å². The molecule has 4 aromatic rings. The molecule has 0 aliphatic rings. The number of ether oxygens (including phenoxy) is 1. The van der Waals surface area contributed by atoms with Crippen molar-refractivity contribution in [2.45, 2.75) is 13.0 Å². The average Bonchev–Trinajstić information content (AvgIpc) is 3.34. The molecule has 0 amide bonds. The average molecular weight is 366 g/mol. The second-order valence-corrected chi connectivity index (χ2v) is 5.71. The zero-order valence-corrected chi connectivity index (χ0v) is 14.4. The van der Waals surface area contributed by atoms with Crippen LogP contribution in [0.3, 0.4) is 0 Å². The SMILES string of the molecule is COc1cnc(-c2nc(Cc3ccon3)n(Cc3ccccc3F)n2)cn1. The van der Waals surface area contributed by atoms with E-state index in [9.17, 15) is 4.39 Å². The van der Waals surface area contributed by atoms with Gasteiger partial charge in [0.05, 0.1) is 38.2 Å². The minimum absolute atomic E-state index is 0.233. The number of halogens is 1. The van der Waals surface area contributed by atoms with Crippen LogP contribution < -0.4 is 4.74 Å². The van der Waals surface area contributed by atoms with Gasteiger partial charge in [0.25, 0.3) is 0 Å². The fourth-order valence-corrected chi connectivity index (χ4v) is 2.56. The Hall–Kier alpha value is -3.62. The topological polar surface area (TPSA) is 91.8 Å². The zero-order chi connectivity index (χ0) is 18.6. The van der Waals surface area contributed by atoms with Gasteiger partial charge in [0, 0.05) is 11.6 Å². The van der Waals surface area contributed by atoms with Gasteiger partial charge >= 0.3 is 0 Å². The molecule has 0 bridgehead atoms. The van der Waals surface area contributed by atoms with E-state index in [1.807, 2.05) is 0 Å². The smallest absolute Gasteiger partial charge is 0.232 e. The van der Waals surface area contributed by atoms with Crippen LogP contribution in [0.4, 0.5) is 4.39 Å². The number of methoxy groups -OCH3 is 1. The fourth-order valence-electron chi connectivity index (χ4n) is 2.56. The monoisotopic (exact) mass is 366 g/mol. The van der Waals surface area contributed by atoms with Gasteiger partial charge in [0.15, 0.2) is 0 Å². The predicted octanol–water partition coefficient (Wildman–Crippen LogP) is 2.51. The van der Waals surface area contributed by atoms with Crippen LogP contribution in [0.15, 0.2) is 53.5 Å². The van der Waals surface area contributed by atoms with Crippen molar-refractivity contribution in [3.05, 3.63) is 71.9 Å². The maximum atomic E-state index is 14.1. The Morgan fingerprint density at radius 2 is 2.04 bits per heavy atom. The van der Waals surface area contributed by atoms with Gasteiger partial charge in [-0.1, -0.05) is 23.4 Å². The second-order valence-electron chi connectivity index (χ2n) is 5.71. The van der Waals surface area contributed by atoms with Crippen LogP contribution in [0.5, 0.6) is 5.88 Å². The molecule has 4 rings (SSSR count). The summed E-state index contributed by atoms with van der Waals surface area (Å²) in [5.74, 6) is 1.10. The van der Waals surface area contributed by atoms with Gasteiger partial charge in [0.2, 0.25) is 11.7 Å². The lowest BCUT2D eigenvalue weighted by Crippen LogP contribution is -2.09. The first-order valence-corrected chi connectivity index (χ1v) is 8.15. The zero-order valence-electron chi connectivity index (χ0n) is 14.4. The number of aromatic nitrogens is 6. The second kappa shape index (κ2) is 7.32. The molecular weight excluding hydrogens is 351 g/mol. The van der Waals surface area contributed by atoms with E-state index in [0.717, 1.165) is 0 Å². The highest BCUT2D eigenvalue weighted by atomic mass is 19.1. The molecule has 0 fully saturated rings. The maximum Gasteiger partial charge on any atom is 0.232 e. The summed E-state index contributed by atoms with van der Waals surface area (Å²) in [7, 11) is 1.51. The molecule has 136 valence electrons. The number of rotatable bonds is 6. The minimum Gasteiger partial charge on any atom is -0.480 e. The molecular formula is C18H15FN6O2. The summed E-state index contributed by atoms with van der Waals surface area (Å²) in [6.45, 7) is 0.233. The molecule has 0 N–H and O–H groups in total. The van der Waals surface area contributed by atoms with E-state index in [2.05, 4.69) is 25.2 Å². The van der Waals surface area contributed by atoms with Crippen LogP contribution >= 0.6 is 0 Å². The van der Waals surface area contributed by atoms with Crippen molar-refractivity contribution in [3.63, 3.8) is 0 Å². The van der Waals surface area contributed by atoms with Gasteiger partial charge in [-0.3, -0.25) is 0 Å². The third-order valence-corrected chi connectivity index (χ3v) is 3.92. The van der Waals surface area contributed by atoms with Crippen LogP contribution in [-0.2, 0) is 13.0 Å². The van der Waals surface area contributed by atoms with Crippen molar-refractivity contribution in [1.82, 2.24) is 29.9 Å². The van der Waals surface area contributed by atoms with E-state index in [4.69, 9.17) is 9.26 Å². The lowest BCUT2D eigenvalue weighted by Gasteiger charge is -2.06. The van der Waals surface area contributed by atoms with Gasteiger partial charge in [-0.25, -0.2) is 24.0 Å². The first-order chi connectivity index (χ1) is 13.2. The van der Waals surface area contributed by atoms with Crippen molar-refractivity contribution in [2.75, 3.05) is 7.11 Å². The third-order valence-electron chi connectivity index (χ3n) is 3.92. The minimum atomic E-state index is -0.300. The maximum absolute atomic E-state index is 14.1. The molecule has 0 atom stereocenters. The predicted molar refractivity (Wildman–Crippen MR) is 92.4 cm³/mol. The van der Waals surface area contributed by atoms with Crippen LogP contribution in [-0.4, -0.2) is 37.0 Å². The largest absolute Gasteiger partial charge is 0.480 e. The molecule has 0 aliphatic heterocycles. The van der Waals surface area contributed by atoms with E-state index in [0.29, 0.717) is 40.9 Å². The summed E-state index contributed by atoms with van der Waals surface area (Å²) in [5, 5.41) is 8.40. The number of nitrogens with zero attached hydrogens (tertiary/aromatic N) is 6. The first-order valence-electron chi connectivity index (χ1n) is 8.15. The molecule has 9 heteroatoms. The molecule has 27 heavy (non-hydrogen) atoms. The lowest BCUT2D eigenvalue weighted by molar-refractivity contribution is 0.396. The Bertz CT molecular complexity index is 1030. The standard InChI is InChI=1S/C18H15FN6O2/c1-26-17-10-20-15(9-21-17)18-22-16(8-13-6-7-27-24-13)25(23-18)11-12-4-2-3-5-14(12)19/h2-7,9-10H,8,11H2,1H3. The highest BCUT2D eigenvalue weighted by molar-refractivity contribution is 5.47. The molecule has 1 aromatic carbocycles. The van der Waals surface area contributed by atoms with Crippen LogP contribution in [0.25, 0.3) is 11.5 Å². The van der Waals surface area contributed by atoms with Crippen LogP contribution in [0.1, 0.15) is 17.1 Å². The third kappa shape index (κ3) is 3.66. The summed E-state index contributed by atoms with van der Waals surface area (Å²) >= 11 is 0. The van der Waals surface area contributed by atoms with E-state index >= 15 is 0 Å². The molecule has 8 nitrogen and oxygen atoms in total. The van der Waals surface area contributed by atoms with Gasteiger partial charge in [-0.15, -0.1) is 5.10 Å². The fraction of sp³-hybridized carbons (Fsp3) is 0.167. The highest BCUT2D eigenvalue weighted by Gasteiger charge is 2.16. The lowest BCUT2D eigenvalue weighted by atomic mass is 10.2. The van der Waals surface area contributed by atoms with Crippen molar-refractivity contribution >= 4 is 0 Å². The summed E-state index contributed by atoms with van der Waals surface area (Å²) in [5.41, 5.74) is 1.70. The van der Waals surface area contributed by atoms with Crippen molar-refractivity contribution in [3.8, 4) is 17.4 Å². The molecule has 3 aromatic heterocycles. The Kier molecular flexibility index (Phi) is 4.56. The number of benzene rings is 1. The molecule has 0 saturated carbocycles. The van der Waals surface area contributed by atoms with Gasteiger partial charge in [0.1, 0.15) is 23.6 Å². The van der Waals surface area contributed by atoms with E-state index in [1.54, 1.807) is 28.9 Å². The first kappa shape index (κ1) is 16.8. The van der Waals surface area contributed by atoms with Crippen molar-refractivity contribution in [2.24, 2.45) is 0 Å². The van der Waals surface area contributed by atoms with Crippen LogP contribution in [0, 0.1) is 5.82 Å². The van der Waals surface area contributed by atoms with E-state index in [-0.39, 0.29) is 12.4 Å². The van der Waals surface area contributed by atoms with Gasteiger partial charge in [-0.2, -0.15) is 0 Å². The van der Waals surface area contributed by atoms with E-state index < -0.39 is 0 Å². The van der Waals surface area contributed by atoms with Crippen molar-refractivity contribution in [1.29, 1.82) is 0 Å². The summed E-state index contributed by atoms with van der Waals surface area (Å²) in [6.07, 6.45) is 4.90. The molecule has 0 radical (unpaired) electrons. The molecule has 0 saturated heterocycles. The Morgan fingerprint density at radius 1 is 1.15 bits per heavy atom. The molecule has 3 heterocycles. The summed E-state index contributed by atoms with van der Waals surface area (Å²) in [6, 6.07) is 8.30. The normalized spacial score (nSPS) is 10.9. The molecule has 0 unspecified atom stereocenters. The Morgan fingerprint density at radius 3 is 2.74 bits per heavy atom. The Balaban J connectivity index is 1.70. The molecule has 0 aliphatic carbocycles. The number of hydrogen-bond donors (Lipinski definition) is 0. The highest BCUT2D eigenvalue weighted by Crippen LogP contribution is 2.18.